The molecule has 1 saturated heterocycles. The Kier molecular flexibility index (Phi) is 12.7. The van der Waals surface area contributed by atoms with Gasteiger partial charge < -0.3 is 25.3 Å². The number of benzene rings is 1. The standard InChI is InChI=1S/C19H20Cl2F2N6O.2C2HF3O2/c1-30-17-10(2-3-24-18-16-19(26-8-25-16)28-9-27-18)4-12(20)15(21)14(17)11-5-29(6-11)7-13(22)23;2*3-2(4,5)1(6)7/h4,8-9,11,13H,2-3,5-7H2,1H3,(H2,24,25,26,27,28);2*(H,6,7). The second kappa shape index (κ2) is 15.3. The number of imidazole rings is 1. The van der Waals surface area contributed by atoms with E-state index in [0.29, 0.717) is 53.3 Å². The summed E-state index contributed by atoms with van der Waals surface area (Å²) in [4.78, 5) is 34.9. The first-order valence-corrected chi connectivity index (χ1v) is 12.7. The third kappa shape index (κ3) is 10.2. The number of aromatic nitrogens is 4. The maximum Gasteiger partial charge on any atom is 0.490 e. The van der Waals surface area contributed by atoms with Crippen LogP contribution >= 0.6 is 23.2 Å². The first-order chi connectivity index (χ1) is 20.4. The maximum absolute atomic E-state index is 12.6. The van der Waals surface area contributed by atoms with Crippen LogP contribution in [0.3, 0.4) is 0 Å². The van der Waals surface area contributed by atoms with E-state index in [0.717, 1.165) is 16.6 Å². The van der Waals surface area contributed by atoms with Gasteiger partial charge in [0.05, 0.1) is 30.0 Å². The highest BCUT2D eigenvalue weighted by Gasteiger charge is 2.39. The summed E-state index contributed by atoms with van der Waals surface area (Å²) in [5.41, 5.74) is 2.98. The smallest absolute Gasteiger partial charge is 0.490 e. The Morgan fingerprint density at radius 1 is 1.09 bits per heavy atom. The molecule has 0 aliphatic carbocycles. The van der Waals surface area contributed by atoms with Gasteiger partial charge in [0.2, 0.25) is 0 Å². The number of aromatic amines is 1. The number of carbonyl (C=O) groups is 2. The van der Waals surface area contributed by atoms with Crippen molar-refractivity contribution in [1.29, 1.82) is 0 Å². The summed E-state index contributed by atoms with van der Waals surface area (Å²) in [6, 6.07) is 1.79. The highest BCUT2D eigenvalue weighted by Crippen LogP contribution is 2.44. The molecule has 1 aromatic carbocycles. The summed E-state index contributed by atoms with van der Waals surface area (Å²) >= 11 is 12.8. The van der Waals surface area contributed by atoms with Crippen LogP contribution in [-0.2, 0) is 16.0 Å². The SMILES string of the molecule is COc1c(CCNc2ncnc3nc[nH]c23)cc(Cl)c(Cl)c1C1CN(CC(F)F)C1.O=C(O)C(F)(F)F.O=C(O)C(F)(F)F. The molecule has 1 aliphatic rings. The summed E-state index contributed by atoms with van der Waals surface area (Å²) in [5, 5.41) is 18.4. The van der Waals surface area contributed by atoms with Crippen LogP contribution in [0.25, 0.3) is 11.2 Å². The zero-order valence-electron chi connectivity index (χ0n) is 22.1. The second-order valence-corrected chi connectivity index (χ2v) is 9.48. The maximum atomic E-state index is 12.6. The summed E-state index contributed by atoms with van der Waals surface area (Å²) < 4.78 is 94.4. The largest absolute Gasteiger partial charge is 0.496 e. The summed E-state index contributed by atoms with van der Waals surface area (Å²) in [6.07, 6.45) is -8.91. The van der Waals surface area contributed by atoms with Crippen molar-refractivity contribution in [1.82, 2.24) is 24.8 Å². The van der Waals surface area contributed by atoms with E-state index < -0.39 is 30.7 Å². The molecule has 0 amide bonds. The van der Waals surface area contributed by atoms with Gasteiger partial charge in [0.15, 0.2) is 11.5 Å². The van der Waals surface area contributed by atoms with Gasteiger partial charge in [-0.2, -0.15) is 26.3 Å². The molecule has 2 aromatic heterocycles. The second-order valence-electron chi connectivity index (χ2n) is 8.69. The average Bonchev–Trinajstić information content (AvgIpc) is 3.37. The van der Waals surface area contributed by atoms with E-state index in [1.165, 1.54) is 6.33 Å². The molecule has 0 unspecified atom stereocenters. The van der Waals surface area contributed by atoms with Crippen LogP contribution in [0.15, 0.2) is 18.7 Å². The number of aliphatic carboxylic acids is 2. The normalized spacial score (nSPS) is 13.8. The monoisotopic (exact) mass is 684 g/mol. The Morgan fingerprint density at radius 2 is 1.66 bits per heavy atom. The lowest BCUT2D eigenvalue weighted by molar-refractivity contribution is -0.193. The summed E-state index contributed by atoms with van der Waals surface area (Å²) in [6.45, 7) is 1.31. The quantitative estimate of drug-likeness (QED) is 0.231. The Balaban J connectivity index is 0.000000402. The number of carboxylic acid groups (broad SMARTS) is 2. The molecule has 0 saturated carbocycles. The van der Waals surface area contributed by atoms with Gasteiger partial charge in [0.25, 0.3) is 6.43 Å². The molecule has 0 atom stereocenters. The number of likely N-dealkylation sites (tertiary alicyclic amines) is 1. The zero-order valence-corrected chi connectivity index (χ0v) is 23.6. The minimum Gasteiger partial charge on any atom is -0.496 e. The molecule has 4 rings (SSSR count). The van der Waals surface area contributed by atoms with Crippen molar-refractivity contribution < 1.29 is 59.7 Å². The highest BCUT2D eigenvalue weighted by atomic mass is 35.5. The van der Waals surface area contributed by atoms with Crippen LogP contribution in [0, 0.1) is 0 Å². The number of hydrogen-bond acceptors (Lipinski definition) is 8. The predicted molar refractivity (Wildman–Crippen MR) is 139 cm³/mol. The number of methoxy groups -OCH3 is 1. The van der Waals surface area contributed by atoms with E-state index in [2.05, 4.69) is 25.3 Å². The fraction of sp³-hybridized carbons (Fsp3) is 0.435. The summed E-state index contributed by atoms with van der Waals surface area (Å²) in [5.74, 6) is -4.20. The average molecular weight is 685 g/mol. The fourth-order valence-electron chi connectivity index (χ4n) is 3.79. The third-order valence-electron chi connectivity index (χ3n) is 5.64. The van der Waals surface area contributed by atoms with E-state index >= 15 is 0 Å². The minimum atomic E-state index is -5.08. The van der Waals surface area contributed by atoms with Crippen molar-refractivity contribution in [3.8, 4) is 5.75 Å². The molecule has 0 radical (unpaired) electrons. The number of rotatable bonds is 8. The zero-order chi connectivity index (χ0) is 33.4. The third-order valence-corrected chi connectivity index (χ3v) is 6.45. The lowest BCUT2D eigenvalue weighted by Gasteiger charge is -2.40. The first kappa shape index (κ1) is 36.5. The van der Waals surface area contributed by atoms with Gasteiger partial charge in [-0.3, -0.25) is 4.90 Å². The van der Waals surface area contributed by atoms with E-state index in [1.807, 2.05) is 0 Å². The van der Waals surface area contributed by atoms with Crippen LogP contribution in [0.4, 0.5) is 40.9 Å². The molecule has 11 nitrogen and oxygen atoms in total. The number of nitrogens with one attached hydrogen (secondary N) is 2. The molecule has 3 aromatic rings. The summed E-state index contributed by atoms with van der Waals surface area (Å²) in [7, 11) is 1.58. The van der Waals surface area contributed by atoms with Crippen LogP contribution in [0.1, 0.15) is 17.0 Å². The van der Waals surface area contributed by atoms with Crippen LogP contribution in [-0.4, -0.2) is 99.1 Å². The Hall–Kier alpha value is -3.71. The molecular weight excluding hydrogens is 663 g/mol. The first-order valence-electron chi connectivity index (χ1n) is 11.9. The van der Waals surface area contributed by atoms with Crippen molar-refractivity contribution in [3.63, 3.8) is 0 Å². The van der Waals surface area contributed by atoms with Gasteiger partial charge in [0.1, 0.15) is 17.6 Å². The van der Waals surface area contributed by atoms with Gasteiger partial charge in [-0.25, -0.2) is 33.3 Å². The number of anilines is 1. The Bertz CT molecular complexity index is 1410. The number of ether oxygens (including phenoxy) is 1. The number of alkyl halides is 8. The molecule has 1 fully saturated rings. The Morgan fingerprint density at radius 3 is 2.16 bits per heavy atom. The molecule has 4 N–H and O–H groups in total. The lowest BCUT2D eigenvalue weighted by Crippen LogP contribution is -2.47. The highest BCUT2D eigenvalue weighted by molar-refractivity contribution is 6.42. The van der Waals surface area contributed by atoms with Crippen molar-refractivity contribution in [2.75, 3.05) is 38.6 Å². The van der Waals surface area contributed by atoms with E-state index in [4.69, 9.17) is 47.7 Å². The van der Waals surface area contributed by atoms with Gasteiger partial charge in [-0.1, -0.05) is 23.2 Å². The van der Waals surface area contributed by atoms with Crippen molar-refractivity contribution in [2.24, 2.45) is 0 Å². The Labute approximate surface area is 252 Å². The van der Waals surface area contributed by atoms with Crippen molar-refractivity contribution in [3.05, 3.63) is 39.9 Å². The molecule has 244 valence electrons. The molecule has 1 aliphatic heterocycles. The van der Waals surface area contributed by atoms with Gasteiger partial charge >= 0.3 is 24.3 Å². The van der Waals surface area contributed by atoms with Crippen molar-refractivity contribution >= 4 is 52.1 Å². The molecular formula is C23H22Cl2F8N6O5. The fourth-order valence-corrected chi connectivity index (χ4v) is 4.31. The molecule has 3 heterocycles. The lowest BCUT2D eigenvalue weighted by atomic mass is 9.88. The van der Waals surface area contributed by atoms with Crippen molar-refractivity contribution in [2.45, 2.75) is 31.1 Å². The number of H-pyrrole nitrogens is 1. The van der Waals surface area contributed by atoms with Crippen LogP contribution in [0.5, 0.6) is 5.75 Å². The van der Waals surface area contributed by atoms with E-state index in [9.17, 15) is 35.1 Å². The van der Waals surface area contributed by atoms with Crippen LogP contribution in [0.2, 0.25) is 10.0 Å². The van der Waals surface area contributed by atoms with Gasteiger partial charge in [-0.05, 0) is 18.1 Å². The van der Waals surface area contributed by atoms with E-state index in [1.54, 1.807) is 24.4 Å². The number of nitrogens with zero attached hydrogens (tertiary/aromatic N) is 4. The van der Waals surface area contributed by atoms with Gasteiger partial charge in [-0.15, -0.1) is 0 Å². The topological polar surface area (TPSA) is 154 Å². The minimum absolute atomic E-state index is 0.00286. The molecule has 21 heteroatoms. The molecule has 44 heavy (non-hydrogen) atoms. The number of halogens is 10. The van der Waals surface area contributed by atoms with Crippen LogP contribution < -0.4 is 10.1 Å². The van der Waals surface area contributed by atoms with E-state index in [-0.39, 0.29) is 12.5 Å². The number of carboxylic acids is 2. The predicted octanol–water partition coefficient (Wildman–Crippen LogP) is 5.25. The van der Waals surface area contributed by atoms with Gasteiger partial charge in [0, 0.05) is 31.1 Å². The molecule has 0 bridgehead atoms. The number of fused-ring (bicyclic) bond motifs is 1. The number of hydrogen-bond donors (Lipinski definition) is 4. The molecule has 0 spiro atoms.